The van der Waals surface area contributed by atoms with Crippen LogP contribution in [-0.2, 0) is 4.43 Å². The van der Waals surface area contributed by atoms with E-state index in [1.54, 1.807) is 0 Å². The maximum Gasteiger partial charge on any atom is 0.200 e. The van der Waals surface area contributed by atoms with Crippen molar-refractivity contribution in [1.82, 2.24) is 0 Å². The molecule has 1 aromatic rings. The van der Waals surface area contributed by atoms with Crippen molar-refractivity contribution in [2.45, 2.75) is 71.0 Å². The summed E-state index contributed by atoms with van der Waals surface area (Å²) in [4.78, 5) is 0. The third-order valence-electron chi connectivity index (χ3n) is 4.97. The van der Waals surface area contributed by atoms with E-state index >= 15 is 0 Å². The fraction of sp³-hybridized carbons (Fsp3) is 0.571. The quantitative estimate of drug-likeness (QED) is 0.274. The monoisotopic (exact) mass is 330 g/mol. The first-order chi connectivity index (χ1) is 10.9. The minimum Gasteiger partial charge on any atom is -0.416 e. The van der Waals surface area contributed by atoms with E-state index in [0.29, 0.717) is 16.6 Å². The van der Waals surface area contributed by atoms with Crippen molar-refractivity contribution in [3.8, 4) is 0 Å². The molecule has 23 heavy (non-hydrogen) atoms. The Morgan fingerprint density at radius 1 is 1.00 bits per heavy atom. The summed E-state index contributed by atoms with van der Waals surface area (Å²) in [5.41, 5.74) is 7.46. The summed E-state index contributed by atoms with van der Waals surface area (Å²) in [5, 5.41) is 0. The predicted molar refractivity (Wildman–Crippen MR) is 105 cm³/mol. The second kappa shape index (κ2) is 9.27. The van der Waals surface area contributed by atoms with Gasteiger partial charge in [0.15, 0.2) is 8.32 Å². The lowest BCUT2D eigenvalue weighted by atomic mass is 10.0. The zero-order valence-corrected chi connectivity index (χ0v) is 16.9. The van der Waals surface area contributed by atoms with E-state index in [4.69, 9.17) is 4.43 Å². The lowest BCUT2D eigenvalue weighted by Gasteiger charge is -2.42. The molecule has 0 aliphatic rings. The molecule has 0 saturated carbocycles. The first kappa shape index (κ1) is 20.0. The van der Waals surface area contributed by atoms with E-state index in [1.165, 1.54) is 11.1 Å². The molecule has 2 heteroatoms. The molecule has 0 aromatic heterocycles. The average molecular weight is 331 g/mol. The average Bonchev–Trinajstić information content (AvgIpc) is 2.50. The van der Waals surface area contributed by atoms with E-state index in [-0.39, 0.29) is 0 Å². The number of rotatable bonds is 9. The van der Waals surface area contributed by atoms with Gasteiger partial charge in [-0.2, -0.15) is 0 Å². The number of allylic oxidation sites excluding steroid dienone is 1. The highest BCUT2D eigenvalue weighted by Crippen LogP contribution is 2.42. The molecule has 0 bridgehead atoms. The van der Waals surface area contributed by atoms with Crippen LogP contribution in [0.2, 0.25) is 16.6 Å². The molecule has 0 unspecified atom stereocenters. The van der Waals surface area contributed by atoms with Crippen molar-refractivity contribution in [2.75, 3.05) is 6.61 Å². The fourth-order valence-corrected chi connectivity index (χ4v) is 9.47. The standard InChI is InChI=1S/C21H34OSi/c1-8-20(21-13-10-9-11-14-21)15-12-16-22-23(17(2)3,18(4)5)19(6)7/h9-11,13-14,17-19H,1,12,15-16H2,2-7H3. The van der Waals surface area contributed by atoms with Gasteiger partial charge in [-0.1, -0.05) is 78.5 Å². The Morgan fingerprint density at radius 2 is 1.52 bits per heavy atom. The zero-order chi connectivity index (χ0) is 17.5. The van der Waals surface area contributed by atoms with Crippen LogP contribution in [0.1, 0.15) is 59.9 Å². The van der Waals surface area contributed by atoms with Crippen LogP contribution in [-0.4, -0.2) is 14.9 Å². The van der Waals surface area contributed by atoms with Crippen molar-refractivity contribution in [3.05, 3.63) is 48.2 Å². The molecular formula is C21H34OSi. The molecule has 128 valence electrons. The number of hydrogen-bond donors (Lipinski definition) is 0. The summed E-state index contributed by atoms with van der Waals surface area (Å²) in [6.07, 6.45) is 2.01. The number of benzene rings is 1. The Morgan fingerprint density at radius 3 is 1.96 bits per heavy atom. The number of hydrogen-bond acceptors (Lipinski definition) is 1. The summed E-state index contributed by atoms with van der Waals surface area (Å²) in [7, 11) is -1.73. The maximum absolute atomic E-state index is 6.62. The second-order valence-corrected chi connectivity index (χ2v) is 12.8. The molecule has 1 nitrogen and oxygen atoms in total. The normalized spacial score (nSPS) is 12.0. The summed E-state index contributed by atoms with van der Waals surface area (Å²) >= 11 is 0. The van der Waals surface area contributed by atoms with Crippen molar-refractivity contribution < 1.29 is 4.43 Å². The molecule has 1 rings (SSSR count). The van der Waals surface area contributed by atoms with Crippen molar-refractivity contribution in [1.29, 1.82) is 0 Å². The van der Waals surface area contributed by atoms with Gasteiger partial charge < -0.3 is 4.43 Å². The van der Waals surface area contributed by atoms with Crippen molar-refractivity contribution in [3.63, 3.8) is 0 Å². The molecule has 0 fully saturated rings. The smallest absolute Gasteiger partial charge is 0.200 e. The van der Waals surface area contributed by atoms with E-state index < -0.39 is 8.32 Å². The SMILES string of the molecule is C=C=C(CCCO[Si](C(C)C)(C(C)C)C(C)C)c1ccccc1. The molecule has 0 aliphatic heterocycles. The minimum atomic E-state index is -1.73. The molecule has 0 spiro atoms. The molecule has 0 saturated heterocycles. The van der Waals surface area contributed by atoms with Gasteiger partial charge in [-0.3, -0.25) is 0 Å². The van der Waals surface area contributed by atoms with E-state index in [0.717, 1.165) is 19.4 Å². The van der Waals surface area contributed by atoms with Gasteiger partial charge in [0, 0.05) is 12.2 Å². The van der Waals surface area contributed by atoms with Crippen LogP contribution < -0.4 is 0 Å². The second-order valence-electron chi connectivity index (χ2n) is 7.29. The Kier molecular flexibility index (Phi) is 8.05. The lowest BCUT2D eigenvalue weighted by molar-refractivity contribution is 0.274. The molecule has 0 aliphatic carbocycles. The Bertz CT molecular complexity index is 488. The van der Waals surface area contributed by atoms with Gasteiger partial charge in [0.05, 0.1) is 0 Å². The molecule has 0 radical (unpaired) electrons. The van der Waals surface area contributed by atoms with Crippen LogP contribution in [0.25, 0.3) is 5.57 Å². The maximum atomic E-state index is 6.62. The van der Waals surface area contributed by atoms with Crippen molar-refractivity contribution in [2.24, 2.45) is 0 Å². The predicted octanol–water partition coefficient (Wildman–Crippen LogP) is 6.83. The van der Waals surface area contributed by atoms with Gasteiger partial charge in [0.1, 0.15) is 0 Å². The zero-order valence-electron chi connectivity index (χ0n) is 15.9. The van der Waals surface area contributed by atoms with Gasteiger partial charge in [-0.15, -0.1) is 5.73 Å². The van der Waals surface area contributed by atoms with Crippen LogP contribution in [0, 0.1) is 0 Å². The first-order valence-corrected chi connectivity index (χ1v) is 11.1. The largest absolute Gasteiger partial charge is 0.416 e. The summed E-state index contributed by atoms with van der Waals surface area (Å²) in [6, 6.07) is 10.4. The van der Waals surface area contributed by atoms with Gasteiger partial charge in [0.25, 0.3) is 0 Å². The minimum absolute atomic E-state index is 0.644. The Balaban J connectivity index is 2.66. The molecular weight excluding hydrogens is 296 g/mol. The molecule has 0 atom stereocenters. The van der Waals surface area contributed by atoms with E-state index in [2.05, 4.69) is 78.1 Å². The van der Waals surface area contributed by atoms with Crippen LogP contribution in [0.5, 0.6) is 0 Å². The van der Waals surface area contributed by atoms with Gasteiger partial charge in [-0.05, 0) is 35.0 Å². The highest BCUT2D eigenvalue weighted by molar-refractivity contribution is 6.77. The van der Waals surface area contributed by atoms with Crippen LogP contribution in [0.4, 0.5) is 0 Å². The van der Waals surface area contributed by atoms with Gasteiger partial charge in [-0.25, -0.2) is 0 Å². The Hall–Kier alpha value is -1.08. The Labute approximate surface area is 144 Å². The molecule has 1 aromatic carbocycles. The summed E-state index contributed by atoms with van der Waals surface area (Å²) < 4.78 is 6.62. The first-order valence-electron chi connectivity index (χ1n) is 8.94. The fourth-order valence-electron chi connectivity index (χ4n) is 3.97. The third kappa shape index (κ3) is 4.94. The topological polar surface area (TPSA) is 9.23 Å². The highest BCUT2D eigenvalue weighted by Gasteiger charge is 2.44. The van der Waals surface area contributed by atoms with E-state index in [1.807, 2.05) is 6.07 Å². The summed E-state index contributed by atoms with van der Waals surface area (Å²) in [6.45, 7) is 18.7. The molecule has 0 heterocycles. The van der Waals surface area contributed by atoms with Gasteiger partial charge in [0.2, 0.25) is 0 Å². The van der Waals surface area contributed by atoms with Gasteiger partial charge >= 0.3 is 0 Å². The third-order valence-corrected chi connectivity index (χ3v) is 11.1. The van der Waals surface area contributed by atoms with E-state index in [9.17, 15) is 0 Å². The van der Waals surface area contributed by atoms with Crippen LogP contribution >= 0.6 is 0 Å². The highest BCUT2D eigenvalue weighted by atomic mass is 28.4. The summed E-state index contributed by atoms with van der Waals surface area (Å²) in [5.74, 6) is 0. The molecule has 0 amide bonds. The molecule has 0 N–H and O–H groups in total. The lowest BCUT2D eigenvalue weighted by Crippen LogP contribution is -2.47. The van der Waals surface area contributed by atoms with Crippen LogP contribution in [0.3, 0.4) is 0 Å². The van der Waals surface area contributed by atoms with Crippen molar-refractivity contribution >= 4 is 13.9 Å². The van der Waals surface area contributed by atoms with Crippen LogP contribution in [0.15, 0.2) is 42.6 Å².